The maximum atomic E-state index is 5.68. The molecule has 0 N–H and O–H groups in total. The highest BCUT2D eigenvalue weighted by atomic mass is 32.1. The molecule has 0 radical (unpaired) electrons. The third-order valence-corrected chi connectivity index (χ3v) is 3.37. The largest absolute Gasteiger partial charge is 0.434 e. The van der Waals surface area contributed by atoms with Gasteiger partial charge < -0.3 is 4.42 Å². The summed E-state index contributed by atoms with van der Waals surface area (Å²) in [4.78, 5) is 8.68. The first kappa shape index (κ1) is 10.5. The minimum absolute atomic E-state index is 0.614. The molecule has 0 saturated heterocycles. The van der Waals surface area contributed by atoms with Crippen LogP contribution in [0, 0.1) is 0 Å². The van der Waals surface area contributed by atoms with Crippen molar-refractivity contribution in [3.63, 3.8) is 0 Å². The van der Waals surface area contributed by atoms with Gasteiger partial charge in [-0.05, 0) is 24.1 Å². The SMILES string of the molecule is CCCc1ccc2oc(-c3nccs3)nc2c1. The van der Waals surface area contributed by atoms with Crippen LogP contribution in [-0.2, 0) is 6.42 Å². The number of aromatic nitrogens is 2. The molecule has 0 saturated carbocycles. The first-order chi connectivity index (χ1) is 8.36. The first-order valence-corrected chi connectivity index (χ1v) is 6.54. The van der Waals surface area contributed by atoms with E-state index in [0.717, 1.165) is 28.9 Å². The van der Waals surface area contributed by atoms with Gasteiger partial charge in [-0.1, -0.05) is 19.4 Å². The number of oxazole rings is 1. The highest BCUT2D eigenvalue weighted by molar-refractivity contribution is 7.12. The Bertz CT molecular complexity index is 628. The number of nitrogens with zero attached hydrogens (tertiary/aromatic N) is 2. The molecule has 0 unspecified atom stereocenters. The van der Waals surface area contributed by atoms with Crippen molar-refractivity contribution >= 4 is 22.4 Å². The van der Waals surface area contributed by atoms with E-state index in [1.165, 1.54) is 16.9 Å². The summed E-state index contributed by atoms with van der Waals surface area (Å²) in [6, 6.07) is 6.19. The molecule has 17 heavy (non-hydrogen) atoms. The molecule has 2 heterocycles. The van der Waals surface area contributed by atoms with E-state index >= 15 is 0 Å². The van der Waals surface area contributed by atoms with Crippen molar-refractivity contribution in [1.82, 2.24) is 9.97 Å². The molecule has 4 heteroatoms. The third-order valence-electron chi connectivity index (χ3n) is 2.61. The zero-order chi connectivity index (χ0) is 11.7. The average Bonchev–Trinajstić information content (AvgIpc) is 2.97. The Balaban J connectivity index is 2.07. The van der Waals surface area contributed by atoms with Gasteiger partial charge in [-0.25, -0.2) is 9.97 Å². The van der Waals surface area contributed by atoms with E-state index in [1.807, 2.05) is 11.4 Å². The van der Waals surface area contributed by atoms with Crippen LogP contribution < -0.4 is 0 Å². The van der Waals surface area contributed by atoms with Gasteiger partial charge in [0.2, 0.25) is 0 Å². The minimum Gasteiger partial charge on any atom is -0.434 e. The molecule has 2 aromatic heterocycles. The van der Waals surface area contributed by atoms with Crippen LogP contribution in [-0.4, -0.2) is 9.97 Å². The topological polar surface area (TPSA) is 38.9 Å². The number of fused-ring (bicyclic) bond motifs is 1. The Kier molecular flexibility index (Phi) is 2.65. The molecule has 3 aromatic rings. The van der Waals surface area contributed by atoms with E-state index in [4.69, 9.17) is 4.42 Å². The summed E-state index contributed by atoms with van der Waals surface area (Å²) in [5.41, 5.74) is 3.05. The van der Waals surface area contributed by atoms with Gasteiger partial charge in [0.05, 0.1) is 0 Å². The molecule has 0 aliphatic rings. The standard InChI is InChI=1S/C13H12N2OS/c1-2-3-9-4-5-11-10(8-9)15-12(16-11)13-14-6-7-17-13/h4-8H,2-3H2,1H3. The van der Waals surface area contributed by atoms with Crippen molar-refractivity contribution in [2.45, 2.75) is 19.8 Å². The lowest BCUT2D eigenvalue weighted by Gasteiger charge is -1.95. The highest BCUT2D eigenvalue weighted by Gasteiger charge is 2.10. The monoisotopic (exact) mass is 244 g/mol. The fourth-order valence-electron chi connectivity index (χ4n) is 1.84. The predicted molar refractivity (Wildman–Crippen MR) is 69.1 cm³/mol. The van der Waals surface area contributed by atoms with Crippen LogP contribution >= 0.6 is 11.3 Å². The lowest BCUT2D eigenvalue weighted by Crippen LogP contribution is -1.81. The molecule has 0 aliphatic heterocycles. The van der Waals surface area contributed by atoms with Gasteiger partial charge in [0.25, 0.3) is 5.89 Å². The maximum absolute atomic E-state index is 5.68. The van der Waals surface area contributed by atoms with Crippen molar-refractivity contribution in [3.8, 4) is 10.9 Å². The molecule has 0 amide bonds. The summed E-state index contributed by atoms with van der Waals surface area (Å²) in [7, 11) is 0. The van der Waals surface area contributed by atoms with Crippen LogP contribution in [0.5, 0.6) is 0 Å². The Labute approximate surface area is 103 Å². The molecule has 3 nitrogen and oxygen atoms in total. The summed E-state index contributed by atoms with van der Waals surface area (Å²) in [5.74, 6) is 0.614. The number of rotatable bonds is 3. The highest BCUT2D eigenvalue weighted by Crippen LogP contribution is 2.26. The van der Waals surface area contributed by atoms with E-state index in [0.29, 0.717) is 5.89 Å². The van der Waals surface area contributed by atoms with Crippen molar-refractivity contribution in [1.29, 1.82) is 0 Å². The fourth-order valence-corrected chi connectivity index (χ4v) is 2.40. The number of benzene rings is 1. The van der Waals surface area contributed by atoms with Gasteiger partial charge >= 0.3 is 0 Å². The second-order valence-corrected chi connectivity index (χ2v) is 4.80. The third kappa shape index (κ3) is 1.96. The summed E-state index contributed by atoms with van der Waals surface area (Å²) in [6.07, 6.45) is 3.98. The van der Waals surface area contributed by atoms with E-state index in [1.54, 1.807) is 6.20 Å². The summed E-state index contributed by atoms with van der Waals surface area (Å²) in [6.45, 7) is 2.17. The molecule has 0 bridgehead atoms. The zero-order valence-corrected chi connectivity index (χ0v) is 10.3. The van der Waals surface area contributed by atoms with E-state index in [-0.39, 0.29) is 0 Å². The van der Waals surface area contributed by atoms with Crippen molar-refractivity contribution in [2.24, 2.45) is 0 Å². The molecule has 0 spiro atoms. The Morgan fingerprint density at radius 3 is 3.06 bits per heavy atom. The lowest BCUT2D eigenvalue weighted by molar-refractivity contribution is 0.619. The fraction of sp³-hybridized carbons (Fsp3) is 0.231. The van der Waals surface area contributed by atoms with Crippen LogP contribution in [0.25, 0.3) is 22.0 Å². The molecule has 1 aromatic carbocycles. The van der Waals surface area contributed by atoms with E-state index in [2.05, 4.69) is 29.0 Å². The molecule has 3 rings (SSSR count). The van der Waals surface area contributed by atoms with E-state index in [9.17, 15) is 0 Å². The Morgan fingerprint density at radius 2 is 2.29 bits per heavy atom. The second-order valence-electron chi connectivity index (χ2n) is 3.91. The maximum Gasteiger partial charge on any atom is 0.256 e. The van der Waals surface area contributed by atoms with Crippen LogP contribution in [0.1, 0.15) is 18.9 Å². The summed E-state index contributed by atoms with van der Waals surface area (Å²) in [5, 5.41) is 2.76. The van der Waals surface area contributed by atoms with Crippen LogP contribution in [0.15, 0.2) is 34.2 Å². The number of thiazole rings is 1. The smallest absolute Gasteiger partial charge is 0.256 e. The normalized spacial score (nSPS) is 11.1. The summed E-state index contributed by atoms with van der Waals surface area (Å²) >= 11 is 1.54. The predicted octanol–water partition coefficient (Wildman–Crippen LogP) is 3.90. The quantitative estimate of drug-likeness (QED) is 0.701. The molecule has 86 valence electrons. The van der Waals surface area contributed by atoms with Gasteiger partial charge in [0.1, 0.15) is 5.52 Å². The van der Waals surface area contributed by atoms with Crippen molar-refractivity contribution in [3.05, 3.63) is 35.3 Å². The minimum atomic E-state index is 0.614. The second kappa shape index (κ2) is 4.30. The van der Waals surface area contributed by atoms with Gasteiger partial charge in [-0.3, -0.25) is 0 Å². The van der Waals surface area contributed by atoms with E-state index < -0.39 is 0 Å². The molecule has 0 atom stereocenters. The van der Waals surface area contributed by atoms with Crippen LogP contribution in [0.4, 0.5) is 0 Å². The first-order valence-electron chi connectivity index (χ1n) is 5.66. The number of hydrogen-bond acceptors (Lipinski definition) is 4. The summed E-state index contributed by atoms with van der Waals surface area (Å²) < 4.78 is 5.68. The van der Waals surface area contributed by atoms with Gasteiger partial charge in [-0.2, -0.15) is 0 Å². The molecule has 0 fully saturated rings. The van der Waals surface area contributed by atoms with Crippen molar-refractivity contribution in [2.75, 3.05) is 0 Å². The molecular weight excluding hydrogens is 232 g/mol. The zero-order valence-electron chi connectivity index (χ0n) is 9.51. The Morgan fingerprint density at radius 1 is 1.35 bits per heavy atom. The average molecular weight is 244 g/mol. The van der Waals surface area contributed by atoms with Gasteiger partial charge in [0.15, 0.2) is 10.6 Å². The van der Waals surface area contributed by atoms with Gasteiger partial charge in [-0.15, -0.1) is 11.3 Å². The molecular formula is C13H12N2OS. The lowest BCUT2D eigenvalue weighted by atomic mass is 10.1. The van der Waals surface area contributed by atoms with Crippen molar-refractivity contribution < 1.29 is 4.42 Å². The molecule has 0 aliphatic carbocycles. The number of hydrogen-bond donors (Lipinski definition) is 0. The number of aryl methyl sites for hydroxylation is 1. The van der Waals surface area contributed by atoms with Crippen LogP contribution in [0.3, 0.4) is 0 Å². The van der Waals surface area contributed by atoms with Crippen LogP contribution in [0.2, 0.25) is 0 Å². The van der Waals surface area contributed by atoms with Gasteiger partial charge in [0, 0.05) is 11.6 Å². The Hall–Kier alpha value is -1.68.